The highest BCUT2D eigenvalue weighted by molar-refractivity contribution is 5.70. The predicted octanol–water partition coefficient (Wildman–Crippen LogP) is 2.86. The first-order valence-electron chi connectivity index (χ1n) is 7.19. The van der Waals surface area contributed by atoms with Crippen LogP contribution in [-0.4, -0.2) is 35.1 Å². The maximum absolute atomic E-state index is 13.2. The Labute approximate surface area is 119 Å². The lowest BCUT2D eigenvalue weighted by Gasteiger charge is -2.34. The number of aryl methyl sites for hydroxylation is 1. The second-order valence-corrected chi connectivity index (χ2v) is 5.79. The van der Waals surface area contributed by atoms with Crippen molar-refractivity contribution in [1.82, 2.24) is 4.90 Å². The third-order valence-corrected chi connectivity index (χ3v) is 4.26. The second kappa shape index (κ2) is 6.35. The average molecular weight is 279 g/mol. The molecular formula is C16H22FNO2. The SMILES string of the molecule is Cc1cc(CC(C)N2CCC(C(=O)O)CC2)ccc1F. The zero-order valence-corrected chi connectivity index (χ0v) is 12.1. The Bertz CT molecular complexity index is 481. The van der Waals surface area contributed by atoms with E-state index in [0.717, 1.165) is 37.9 Å². The van der Waals surface area contributed by atoms with Gasteiger partial charge >= 0.3 is 5.97 Å². The van der Waals surface area contributed by atoms with Gasteiger partial charge in [-0.05, 0) is 63.4 Å². The van der Waals surface area contributed by atoms with Crippen LogP contribution in [0, 0.1) is 18.7 Å². The molecule has 1 fully saturated rings. The van der Waals surface area contributed by atoms with E-state index >= 15 is 0 Å². The van der Waals surface area contributed by atoms with Gasteiger partial charge in [0.25, 0.3) is 0 Å². The lowest BCUT2D eigenvalue weighted by molar-refractivity contribution is -0.143. The topological polar surface area (TPSA) is 40.5 Å². The summed E-state index contributed by atoms with van der Waals surface area (Å²) >= 11 is 0. The highest BCUT2D eigenvalue weighted by Gasteiger charge is 2.26. The van der Waals surface area contributed by atoms with Crippen LogP contribution in [0.3, 0.4) is 0 Å². The van der Waals surface area contributed by atoms with Crippen LogP contribution in [0.5, 0.6) is 0 Å². The van der Waals surface area contributed by atoms with Crippen molar-refractivity contribution in [3.05, 3.63) is 35.1 Å². The van der Waals surface area contributed by atoms with Crippen molar-refractivity contribution in [3.8, 4) is 0 Å². The van der Waals surface area contributed by atoms with Crippen LogP contribution >= 0.6 is 0 Å². The quantitative estimate of drug-likeness (QED) is 0.921. The van der Waals surface area contributed by atoms with Crippen LogP contribution < -0.4 is 0 Å². The Balaban J connectivity index is 1.90. The van der Waals surface area contributed by atoms with E-state index in [1.54, 1.807) is 6.92 Å². The Hall–Kier alpha value is -1.42. The van der Waals surface area contributed by atoms with E-state index in [4.69, 9.17) is 5.11 Å². The molecule has 0 radical (unpaired) electrons. The van der Waals surface area contributed by atoms with E-state index in [1.165, 1.54) is 6.07 Å². The first-order chi connectivity index (χ1) is 9.47. The van der Waals surface area contributed by atoms with Crippen LogP contribution in [0.2, 0.25) is 0 Å². The number of piperidine rings is 1. The number of benzene rings is 1. The summed E-state index contributed by atoms with van der Waals surface area (Å²) in [5.74, 6) is -1.03. The van der Waals surface area contributed by atoms with Gasteiger partial charge in [0.05, 0.1) is 5.92 Å². The van der Waals surface area contributed by atoms with Gasteiger partial charge in [-0.1, -0.05) is 12.1 Å². The van der Waals surface area contributed by atoms with Crippen molar-refractivity contribution >= 4 is 5.97 Å². The first-order valence-corrected chi connectivity index (χ1v) is 7.19. The third-order valence-electron chi connectivity index (χ3n) is 4.26. The number of carbonyl (C=O) groups is 1. The standard InChI is InChI=1S/C16H22FNO2/c1-11-9-13(3-4-15(11)17)10-12(2)18-7-5-14(6-8-18)16(19)20/h3-4,9,12,14H,5-8,10H2,1-2H3,(H,19,20). The highest BCUT2D eigenvalue weighted by Crippen LogP contribution is 2.21. The van der Waals surface area contributed by atoms with E-state index in [9.17, 15) is 9.18 Å². The van der Waals surface area contributed by atoms with Gasteiger partial charge in [-0.2, -0.15) is 0 Å². The number of aliphatic carboxylic acids is 1. The molecule has 1 heterocycles. The molecule has 1 saturated heterocycles. The van der Waals surface area contributed by atoms with Crippen LogP contribution in [0.15, 0.2) is 18.2 Å². The molecule has 2 rings (SSSR count). The Morgan fingerprint density at radius 1 is 1.45 bits per heavy atom. The number of halogens is 1. The summed E-state index contributed by atoms with van der Waals surface area (Å²) in [7, 11) is 0. The van der Waals surface area contributed by atoms with Crippen molar-refractivity contribution in [3.63, 3.8) is 0 Å². The van der Waals surface area contributed by atoms with Crippen molar-refractivity contribution in [1.29, 1.82) is 0 Å². The molecule has 110 valence electrons. The van der Waals surface area contributed by atoms with Gasteiger partial charge in [0.2, 0.25) is 0 Å². The van der Waals surface area contributed by atoms with Crippen LogP contribution in [0.4, 0.5) is 4.39 Å². The summed E-state index contributed by atoms with van der Waals surface area (Å²) in [5, 5.41) is 9.00. The molecule has 0 aromatic heterocycles. The minimum absolute atomic E-state index is 0.163. The molecule has 1 aromatic carbocycles. The smallest absolute Gasteiger partial charge is 0.306 e. The third kappa shape index (κ3) is 3.57. The van der Waals surface area contributed by atoms with Crippen molar-refractivity contribution in [2.24, 2.45) is 5.92 Å². The van der Waals surface area contributed by atoms with Gasteiger partial charge in [-0.25, -0.2) is 4.39 Å². The van der Waals surface area contributed by atoms with Crippen molar-refractivity contribution < 1.29 is 14.3 Å². The molecule has 0 saturated carbocycles. The predicted molar refractivity (Wildman–Crippen MR) is 76.2 cm³/mol. The lowest BCUT2D eigenvalue weighted by atomic mass is 9.95. The summed E-state index contributed by atoms with van der Waals surface area (Å²) in [6.07, 6.45) is 2.32. The van der Waals surface area contributed by atoms with Crippen LogP contribution in [-0.2, 0) is 11.2 Å². The van der Waals surface area contributed by atoms with E-state index < -0.39 is 5.97 Å². The molecule has 1 atom stereocenters. The Kier molecular flexibility index (Phi) is 4.76. The molecule has 0 amide bonds. The summed E-state index contributed by atoms with van der Waals surface area (Å²) < 4.78 is 13.2. The van der Waals surface area contributed by atoms with Gasteiger partial charge in [0.15, 0.2) is 0 Å². The molecule has 1 aliphatic heterocycles. The molecule has 3 nitrogen and oxygen atoms in total. The number of carboxylic acid groups (broad SMARTS) is 1. The van der Waals surface area contributed by atoms with Gasteiger partial charge < -0.3 is 10.0 Å². The monoisotopic (exact) mass is 279 g/mol. The number of likely N-dealkylation sites (tertiary alicyclic amines) is 1. The molecule has 4 heteroatoms. The zero-order chi connectivity index (χ0) is 14.7. The van der Waals surface area contributed by atoms with Crippen molar-refractivity contribution in [2.75, 3.05) is 13.1 Å². The fraction of sp³-hybridized carbons (Fsp3) is 0.562. The second-order valence-electron chi connectivity index (χ2n) is 5.79. The number of carboxylic acids is 1. The molecule has 20 heavy (non-hydrogen) atoms. The number of hydrogen-bond donors (Lipinski definition) is 1. The van der Waals surface area contributed by atoms with Gasteiger partial charge in [-0.15, -0.1) is 0 Å². The average Bonchev–Trinajstić information content (AvgIpc) is 2.43. The fourth-order valence-corrected chi connectivity index (χ4v) is 2.89. The van der Waals surface area contributed by atoms with Crippen LogP contribution in [0.25, 0.3) is 0 Å². The normalized spacial score (nSPS) is 18.9. The molecule has 0 bridgehead atoms. The lowest BCUT2D eigenvalue weighted by Crippen LogP contribution is -2.42. The van der Waals surface area contributed by atoms with E-state index in [-0.39, 0.29) is 11.7 Å². The fourth-order valence-electron chi connectivity index (χ4n) is 2.89. The Morgan fingerprint density at radius 2 is 2.10 bits per heavy atom. The van der Waals surface area contributed by atoms with E-state index in [2.05, 4.69) is 11.8 Å². The van der Waals surface area contributed by atoms with E-state index in [1.807, 2.05) is 12.1 Å². The summed E-state index contributed by atoms with van der Waals surface area (Å²) in [4.78, 5) is 13.3. The zero-order valence-electron chi connectivity index (χ0n) is 12.1. The van der Waals surface area contributed by atoms with Crippen molar-refractivity contribution in [2.45, 2.75) is 39.2 Å². The van der Waals surface area contributed by atoms with Crippen LogP contribution in [0.1, 0.15) is 30.9 Å². The molecular weight excluding hydrogens is 257 g/mol. The summed E-state index contributed by atoms with van der Waals surface area (Å²) in [5.41, 5.74) is 1.82. The minimum atomic E-state index is -0.675. The maximum Gasteiger partial charge on any atom is 0.306 e. The minimum Gasteiger partial charge on any atom is -0.481 e. The molecule has 1 aromatic rings. The number of hydrogen-bond acceptors (Lipinski definition) is 2. The summed E-state index contributed by atoms with van der Waals surface area (Å²) in [6, 6.07) is 5.61. The Morgan fingerprint density at radius 3 is 2.65 bits per heavy atom. The molecule has 0 aliphatic carbocycles. The number of rotatable bonds is 4. The number of nitrogens with zero attached hydrogens (tertiary/aromatic N) is 1. The highest BCUT2D eigenvalue weighted by atomic mass is 19.1. The first kappa shape index (κ1) is 15.0. The van der Waals surface area contributed by atoms with Gasteiger partial charge in [0.1, 0.15) is 5.82 Å². The molecule has 0 spiro atoms. The molecule has 1 N–H and O–H groups in total. The van der Waals surface area contributed by atoms with E-state index in [0.29, 0.717) is 11.6 Å². The largest absolute Gasteiger partial charge is 0.481 e. The summed E-state index contributed by atoms with van der Waals surface area (Å²) in [6.45, 7) is 5.60. The molecule has 1 aliphatic rings. The van der Waals surface area contributed by atoms with Gasteiger partial charge in [0, 0.05) is 6.04 Å². The molecule has 1 unspecified atom stereocenters. The maximum atomic E-state index is 13.2. The van der Waals surface area contributed by atoms with Gasteiger partial charge in [-0.3, -0.25) is 4.79 Å².